The third-order valence-corrected chi connectivity index (χ3v) is 5.33. The Morgan fingerprint density at radius 2 is 1.72 bits per heavy atom. The molecule has 1 saturated carbocycles. The maximum atomic E-state index is 5.68. The molecule has 2 fully saturated rings. The monoisotopic (exact) mass is 252 g/mol. The summed E-state index contributed by atoms with van der Waals surface area (Å²) >= 11 is 0. The van der Waals surface area contributed by atoms with E-state index in [2.05, 4.69) is 18.7 Å². The van der Waals surface area contributed by atoms with Gasteiger partial charge in [-0.15, -0.1) is 0 Å². The van der Waals surface area contributed by atoms with E-state index in [4.69, 9.17) is 5.73 Å². The number of hydrogen-bond donors (Lipinski definition) is 1. The molecule has 0 aromatic heterocycles. The molecule has 0 aromatic carbocycles. The van der Waals surface area contributed by atoms with Crippen LogP contribution in [0.1, 0.15) is 58.8 Å². The highest BCUT2D eigenvalue weighted by atomic mass is 15.2. The zero-order chi connectivity index (χ0) is 13.0. The minimum atomic E-state index is 0.858. The van der Waals surface area contributed by atoms with Gasteiger partial charge in [0.2, 0.25) is 0 Å². The minimum absolute atomic E-state index is 0.858. The molecule has 2 rings (SSSR count). The fourth-order valence-corrected chi connectivity index (χ4v) is 4.18. The third kappa shape index (κ3) is 3.48. The highest BCUT2D eigenvalue weighted by Gasteiger charge is 2.33. The van der Waals surface area contributed by atoms with Crippen LogP contribution in [0.5, 0.6) is 0 Å². The first-order chi connectivity index (χ1) is 8.72. The van der Waals surface area contributed by atoms with E-state index < -0.39 is 0 Å². The minimum Gasteiger partial charge on any atom is -0.330 e. The topological polar surface area (TPSA) is 29.3 Å². The molecule has 2 unspecified atom stereocenters. The van der Waals surface area contributed by atoms with Crippen LogP contribution in [0.4, 0.5) is 0 Å². The molecular formula is C16H32N2. The van der Waals surface area contributed by atoms with Gasteiger partial charge in [0.05, 0.1) is 0 Å². The molecule has 0 radical (unpaired) electrons. The quantitative estimate of drug-likeness (QED) is 0.832. The van der Waals surface area contributed by atoms with Crippen molar-refractivity contribution >= 4 is 0 Å². The van der Waals surface area contributed by atoms with Crippen molar-refractivity contribution in [1.82, 2.24) is 4.90 Å². The first-order valence-corrected chi connectivity index (χ1v) is 8.16. The summed E-state index contributed by atoms with van der Waals surface area (Å²) in [4.78, 5) is 2.82. The fourth-order valence-electron chi connectivity index (χ4n) is 4.18. The van der Waals surface area contributed by atoms with Crippen LogP contribution in [0, 0.1) is 17.8 Å². The van der Waals surface area contributed by atoms with Crippen LogP contribution in [0.3, 0.4) is 0 Å². The Kier molecular flexibility index (Phi) is 5.50. The van der Waals surface area contributed by atoms with Crippen LogP contribution in [0.2, 0.25) is 0 Å². The summed E-state index contributed by atoms with van der Waals surface area (Å²) in [5.41, 5.74) is 5.68. The van der Waals surface area contributed by atoms with Gasteiger partial charge in [-0.2, -0.15) is 0 Å². The summed E-state index contributed by atoms with van der Waals surface area (Å²) in [7, 11) is 0. The van der Waals surface area contributed by atoms with E-state index in [9.17, 15) is 0 Å². The van der Waals surface area contributed by atoms with Crippen LogP contribution >= 0.6 is 0 Å². The Morgan fingerprint density at radius 1 is 1.06 bits per heavy atom. The van der Waals surface area contributed by atoms with Gasteiger partial charge in [0.25, 0.3) is 0 Å². The normalized spacial score (nSPS) is 32.0. The van der Waals surface area contributed by atoms with Gasteiger partial charge in [0, 0.05) is 6.04 Å². The lowest BCUT2D eigenvalue weighted by Gasteiger charge is -2.45. The molecule has 1 heterocycles. The first kappa shape index (κ1) is 14.3. The lowest BCUT2D eigenvalue weighted by molar-refractivity contribution is 0.0492. The predicted molar refractivity (Wildman–Crippen MR) is 78.6 cm³/mol. The van der Waals surface area contributed by atoms with Crippen molar-refractivity contribution in [1.29, 1.82) is 0 Å². The van der Waals surface area contributed by atoms with Gasteiger partial charge in [-0.05, 0) is 69.5 Å². The molecule has 1 saturated heterocycles. The van der Waals surface area contributed by atoms with Gasteiger partial charge in [0.15, 0.2) is 0 Å². The molecule has 0 amide bonds. The lowest BCUT2D eigenvalue weighted by atomic mass is 9.76. The third-order valence-electron chi connectivity index (χ3n) is 5.33. The Balaban J connectivity index is 1.87. The molecular weight excluding hydrogens is 220 g/mol. The first-order valence-electron chi connectivity index (χ1n) is 8.16. The van der Waals surface area contributed by atoms with Crippen molar-refractivity contribution < 1.29 is 0 Å². The summed E-state index contributed by atoms with van der Waals surface area (Å²) in [5, 5.41) is 0. The van der Waals surface area contributed by atoms with E-state index in [0.29, 0.717) is 0 Å². The molecule has 2 nitrogen and oxygen atoms in total. The maximum Gasteiger partial charge on any atom is 0.0126 e. The number of nitrogens with two attached hydrogens (primary N) is 1. The molecule has 2 aliphatic rings. The van der Waals surface area contributed by atoms with Crippen molar-refractivity contribution in [2.24, 2.45) is 23.5 Å². The Morgan fingerprint density at radius 3 is 2.33 bits per heavy atom. The molecule has 2 heteroatoms. The van der Waals surface area contributed by atoms with E-state index in [1.54, 1.807) is 0 Å². The Bertz CT molecular complexity index is 231. The van der Waals surface area contributed by atoms with Crippen LogP contribution in [-0.4, -0.2) is 30.6 Å². The van der Waals surface area contributed by atoms with Crippen molar-refractivity contribution in [2.45, 2.75) is 64.8 Å². The number of piperidine rings is 1. The fraction of sp³-hybridized carbons (Fsp3) is 1.00. The van der Waals surface area contributed by atoms with Crippen LogP contribution in [-0.2, 0) is 0 Å². The largest absolute Gasteiger partial charge is 0.330 e. The van der Waals surface area contributed by atoms with Gasteiger partial charge in [-0.1, -0.05) is 26.7 Å². The second kappa shape index (κ2) is 6.91. The van der Waals surface area contributed by atoms with E-state index in [-0.39, 0.29) is 0 Å². The van der Waals surface area contributed by atoms with E-state index >= 15 is 0 Å². The highest BCUT2D eigenvalue weighted by molar-refractivity contribution is 4.87. The van der Waals surface area contributed by atoms with Crippen molar-refractivity contribution in [3.8, 4) is 0 Å². The molecule has 1 aliphatic carbocycles. The summed E-state index contributed by atoms with van der Waals surface area (Å²) in [5.74, 6) is 2.72. The highest BCUT2D eigenvalue weighted by Crippen LogP contribution is 2.35. The second-order valence-electron chi connectivity index (χ2n) is 6.82. The maximum absolute atomic E-state index is 5.68. The number of hydrogen-bond acceptors (Lipinski definition) is 2. The van der Waals surface area contributed by atoms with Crippen LogP contribution in [0.25, 0.3) is 0 Å². The standard InChI is InChI=1S/C16H32N2/c1-13(2)15-5-3-4-6-16(15)18-11-8-14(7-10-17)9-12-18/h13-16H,3-12,17H2,1-2H3. The summed E-state index contributed by atoms with van der Waals surface area (Å²) in [6.07, 6.45) is 9.85. The van der Waals surface area contributed by atoms with Crippen molar-refractivity contribution in [3.05, 3.63) is 0 Å². The van der Waals surface area contributed by atoms with Crippen molar-refractivity contribution in [2.75, 3.05) is 19.6 Å². The number of rotatable bonds is 4. The molecule has 1 aliphatic heterocycles. The Labute approximate surface area is 113 Å². The van der Waals surface area contributed by atoms with Gasteiger partial charge >= 0.3 is 0 Å². The summed E-state index contributed by atoms with van der Waals surface area (Å²) in [6.45, 7) is 8.38. The van der Waals surface area contributed by atoms with Gasteiger partial charge in [0.1, 0.15) is 0 Å². The molecule has 106 valence electrons. The summed E-state index contributed by atoms with van der Waals surface area (Å²) < 4.78 is 0. The van der Waals surface area contributed by atoms with Gasteiger partial charge < -0.3 is 10.6 Å². The number of nitrogens with zero attached hydrogens (tertiary/aromatic N) is 1. The van der Waals surface area contributed by atoms with E-state index in [1.807, 2.05) is 0 Å². The smallest absolute Gasteiger partial charge is 0.0126 e. The zero-order valence-electron chi connectivity index (χ0n) is 12.4. The SMILES string of the molecule is CC(C)C1CCCCC1N1CCC(CCN)CC1. The van der Waals surface area contributed by atoms with Gasteiger partial charge in [-0.25, -0.2) is 0 Å². The predicted octanol–water partition coefficient (Wildman–Crippen LogP) is 3.26. The molecule has 0 aromatic rings. The Hall–Kier alpha value is -0.0800. The van der Waals surface area contributed by atoms with E-state index in [1.165, 1.54) is 58.0 Å². The molecule has 0 bridgehead atoms. The lowest BCUT2D eigenvalue weighted by Crippen LogP contribution is -2.47. The molecule has 2 atom stereocenters. The average Bonchev–Trinajstić information content (AvgIpc) is 2.40. The molecule has 18 heavy (non-hydrogen) atoms. The van der Waals surface area contributed by atoms with Crippen LogP contribution < -0.4 is 5.73 Å². The second-order valence-corrected chi connectivity index (χ2v) is 6.82. The van der Waals surface area contributed by atoms with Gasteiger partial charge in [-0.3, -0.25) is 0 Å². The average molecular weight is 252 g/mol. The number of likely N-dealkylation sites (tertiary alicyclic amines) is 1. The summed E-state index contributed by atoms with van der Waals surface area (Å²) in [6, 6.07) is 0.887. The zero-order valence-corrected chi connectivity index (χ0v) is 12.4. The molecule has 0 spiro atoms. The van der Waals surface area contributed by atoms with Crippen LogP contribution in [0.15, 0.2) is 0 Å². The van der Waals surface area contributed by atoms with Crippen molar-refractivity contribution in [3.63, 3.8) is 0 Å². The van der Waals surface area contributed by atoms with E-state index in [0.717, 1.165) is 30.3 Å². The molecule has 2 N–H and O–H groups in total.